The van der Waals surface area contributed by atoms with Crippen molar-refractivity contribution in [3.8, 4) is 0 Å². The van der Waals surface area contributed by atoms with Gasteiger partial charge >= 0.3 is 0 Å². The van der Waals surface area contributed by atoms with E-state index >= 15 is 0 Å². The van der Waals surface area contributed by atoms with Gasteiger partial charge in [0.1, 0.15) is 0 Å². The lowest BCUT2D eigenvalue weighted by Crippen LogP contribution is -2.30. The summed E-state index contributed by atoms with van der Waals surface area (Å²) in [5.41, 5.74) is 0. The Hall–Kier alpha value is -0.650. The van der Waals surface area contributed by atoms with E-state index in [9.17, 15) is 4.79 Å². The zero-order chi connectivity index (χ0) is 14.8. The molecule has 0 aliphatic carbocycles. The Morgan fingerprint density at radius 3 is 2.86 bits per heavy atom. The van der Waals surface area contributed by atoms with Crippen molar-refractivity contribution in [2.45, 2.75) is 38.5 Å². The smallest absolute Gasteiger partial charge is 0.220 e. The van der Waals surface area contributed by atoms with Crippen LogP contribution in [0.15, 0.2) is 0 Å². The number of hydrogen-bond acceptors (Lipinski definition) is 4. The van der Waals surface area contributed by atoms with Crippen LogP contribution in [0.1, 0.15) is 38.5 Å². The first-order valence-corrected chi connectivity index (χ1v) is 8.47. The lowest BCUT2D eigenvalue weighted by Gasteiger charge is -2.22. The molecule has 5 nitrogen and oxygen atoms in total. The van der Waals surface area contributed by atoms with Crippen LogP contribution >= 0.6 is 0 Å². The Labute approximate surface area is 128 Å². The van der Waals surface area contributed by atoms with Gasteiger partial charge in [0.05, 0.1) is 13.2 Å². The number of ether oxygens (including phenoxy) is 2. The summed E-state index contributed by atoms with van der Waals surface area (Å²) >= 11 is 0. The van der Waals surface area contributed by atoms with Crippen LogP contribution in [0.25, 0.3) is 0 Å². The number of amides is 1. The molecule has 2 saturated heterocycles. The highest BCUT2D eigenvalue weighted by Gasteiger charge is 2.15. The summed E-state index contributed by atoms with van der Waals surface area (Å²) in [6, 6.07) is 0. The van der Waals surface area contributed by atoms with E-state index < -0.39 is 0 Å². The summed E-state index contributed by atoms with van der Waals surface area (Å²) in [4.78, 5) is 11.7. The molecule has 1 unspecified atom stereocenters. The number of rotatable bonds is 9. The van der Waals surface area contributed by atoms with Crippen LogP contribution in [0.5, 0.6) is 0 Å². The number of carbonyl (C=O) groups excluding carboxylic acids is 1. The van der Waals surface area contributed by atoms with Crippen molar-refractivity contribution in [2.75, 3.05) is 46.1 Å². The molecule has 0 saturated carbocycles. The van der Waals surface area contributed by atoms with E-state index in [0.717, 1.165) is 71.2 Å². The molecular weight excluding hydrogens is 268 g/mol. The summed E-state index contributed by atoms with van der Waals surface area (Å²) in [5.74, 6) is 1.50. The van der Waals surface area contributed by atoms with Crippen molar-refractivity contribution >= 4 is 5.91 Å². The van der Waals surface area contributed by atoms with Crippen LogP contribution in [0, 0.1) is 11.8 Å². The van der Waals surface area contributed by atoms with Gasteiger partial charge in [0.2, 0.25) is 5.91 Å². The molecule has 21 heavy (non-hydrogen) atoms. The van der Waals surface area contributed by atoms with E-state index in [1.165, 1.54) is 12.8 Å². The van der Waals surface area contributed by atoms with Crippen molar-refractivity contribution in [1.82, 2.24) is 10.6 Å². The highest BCUT2D eigenvalue weighted by molar-refractivity contribution is 5.75. The number of piperidine rings is 1. The van der Waals surface area contributed by atoms with E-state index in [2.05, 4.69) is 10.6 Å². The fourth-order valence-electron chi connectivity index (χ4n) is 2.96. The predicted octanol–water partition coefficient (Wildman–Crippen LogP) is 1.33. The molecular formula is C16H30N2O3. The van der Waals surface area contributed by atoms with Gasteiger partial charge in [-0.1, -0.05) is 0 Å². The largest absolute Gasteiger partial charge is 0.381 e. The van der Waals surface area contributed by atoms with Crippen LogP contribution in [-0.4, -0.2) is 52.0 Å². The maximum absolute atomic E-state index is 11.7. The summed E-state index contributed by atoms with van der Waals surface area (Å²) in [6.07, 6.45) is 6.15. The minimum atomic E-state index is 0.192. The lowest BCUT2D eigenvalue weighted by molar-refractivity contribution is -0.121. The Kier molecular flexibility index (Phi) is 8.07. The summed E-state index contributed by atoms with van der Waals surface area (Å²) in [7, 11) is 0. The molecule has 2 N–H and O–H groups in total. The molecule has 2 heterocycles. The standard InChI is InChI=1S/C16H30N2O3/c19-16(3-2-14-4-8-17-9-5-14)18-7-1-10-20-12-15-6-11-21-13-15/h14-15,17H,1-13H2,(H,18,19). The molecule has 0 radical (unpaired) electrons. The summed E-state index contributed by atoms with van der Waals surface area (Å²) < 4.78 is 10.9. The van der Waals surface area contributed by atoms with Gasteiger partial charge in [0, 0.05) is 32.1 Å². The molecule has 2 aliphatic rings. The van der Waals surface area contributed by atoms with Gasteiger partial charge in [-0.05, 0) is 51.1 Å². The van der Waals surface area contributed by atoms with Crippen LogP contribution < -0.4 is 10.6 Å². The van der Waals surface area contributed by atoms with E-state index in [4.69, 9.17) is 9.47 Å². The number of nitrogens with one attached hydrogen (secondary N) is 2. The lowest BCUT2D eigenvalue weighted by atomic mass is 9.93. The minimum absolute atomic E-state index is 0.192. The maximum atomic E-state index is 11.7. The third-order valence-corrected chi connectivity index (χ3v) is 4.40. The molecule has 2 fully saturated rings. The number of hydrogen-bond donors (Lipinski definition) is 2. The zero-order valence-electron chi connectivity index (χ0n) is 13.1. The predicted molar refractivity (Wildman–Crippen MR) is 82.2 cm³/mol. The first-order chi connectivity index (χ1) is 10.3. The van der Waals surface area contributed by atoms with Crippen molar-refractivity contribution in [3.05, 3.63) is 0 Å². The number of carbonyl (C=O) groups is 1. The van der Waals surface area contributed by atoms with Gasteiger partial charge in [0.15, 0.2) is 0 Å². The Balaban J connectivity index is 1.38. The second kappa shape index (κ2) is 10.1. The average Bonchev–Trinajstić information content (AvgIpc) is 3.03. The first kappa shape index (κ1) is 16.7. The van der Waals surface area contributed by atoms with Crippen molar-refractivity contribution in [1.29, 1.82) is 0 Å². The van der Waals surface area contributed by atoms with Gasteiger partial charge in [0.25, 0.3) is 0 Å². The topological polar surface area (TPSA) is 59.6 Å². The van der Waals surface area contributed by atoms with Crippen molar-refractivity contribution in [3.63, 3.8) is 0 Å². The van der Waals surface area contributed by atoms with Gasteiger partial charge in [-0.15, -0.1) is 0 Å². The average molecular weight is 298 g/mol. The molecule has 2 aliphatic heterocycles. The first-order valence-electron chi connectivity index (χ1n) is 8.47. The molecule has 0 bridgehead atoms. The summed E-state index contributed by atoms with van der Waals surface area (Å²) in [5, 5.41) is 6.35. The van der Waals surface area contributed by atoms with E-state index in [1.807, 2.05) is 0 Å². The second-order valence-electron chi connectivity index (χ2n) is 6.24. The monoisotopic (exact) mass is 298 g/mol. The fourth-order valence-corrected chi connectivity index (χ4v) is 2.96. The van der Waals surface area contributed by atoms with Crippen molar-refractivity contribution in [2.24, 2.45) is 11.8 Å². The Morgan fingerprint density at radius 2 is 2.10 bits per heavy atom. The molecule has 2 rings (SSSR count). The maximum Gasteiger partial charge on any atom is 0.220 e. The van der Waals surface area contributed by atoms with Crippen LogP contribution in [-0.2, 0) is 14.3 Å². The Morgan fingerprint density at radius 1 is 1.24 bits per heavy atom. The van der Waals surface area contributed by atoms with Gasteiger partial charge < -0.3 is 20.1 Å². The van der Waals surface area contributed by atoms with Crippen LogP contribution in [0.4, 0.5) is 0 Å². The molecule has 0 aromatic carbocycles. The molecule has 0 spiro atoms. The fraction of sp³-hybridized carbons (Fsp3) is 0.938. The van der Waals surface area contributed by atoms with E-state index in [0.29, 0.717) is 12.3 Å². The third-order valence-electron chi connectivity index (χ3n) is 4.40. The quantitative estimate of drug-likeness (QED) is 0.630. The molecule has 5 heteroatoms. The molecule has 0 aromatic heterocycles. The molecule has 0 aromatic rings. The van der Waals surface area contributed by atoms with Crippen LogP contribution in [0.2, 0.25) is 0 Å². The molecule has 1 atom stereocenters. The zero-order valence-corrected chi connectivity index (χ0v) is 13.1. The molecule has 122 valence electrons. The van der Waals surface area contributed by atoms with Gasteiger partial charge in [-0.2, -0.15) is 0 Å². The SMILES string of the molecule is O=C(CCC1CCNCC1)NCCCOCC1CCOC1. The minimum Gasteiger partial charge on any atom is -0.381 e. The van der Waals surface area contributed by atoms with Crippen molar-refractivity contribution < 1.29 is 14.3 Å². The Bertz CT molecular complexity index is 287. The normalized spacial score (nSPS) is 23.3. The highest BCUT2D eigenvalue weighted by Crippen LogP contribution is 2.17. The summed E-state index contributed by atoms with van der Waals surface area (Å²) in [6.45, 7) is 6.18. The van der Waals surface area contributed by atoms with E-state index in [1.54, 1.807) is 0 Å². The van der Waals surface area contributed by atoms with Gasteiger partial charge in [-0.25, -0.2) is 0 Å². The third kappa shape index (κ3) is 7.25. The van der Waals surface area contributed by atoms with Gasteiger partial charge in [-0.3, -0.25) is 4.79 Å². The second-order valence-corrected chi connectivity index (χ2v) is 6.24. The van der Waals surface area contributed by atoms with E-state index in [-0.39, 0.29) is 5.91 Å². The highest BCUT2D eigenvalue weighted by atomic mass is 16.5. The molecule has 1 amide bonds. The van der Waals surface area contributed by atoms with Crippen LogP contribution in [0.3, 0.4) is 0 Å².